The van der Waals surface area contributed by atoms with E-state index in [1.165, 1.54) is 0 Å². The molecule has 0 fully saturated rings. The zero-order valence-corrected chi connectivity index (χ0v) is 22.0. The predicted octanol–water partition coefficient (Wildman–Crippen LogP) is 4.45. The van der Waals surface area contributed by atoms with Crippen molar-refractivity contribution < 1.29 is 9.90 Å². The Bertz CT molecular complexity index is 1040. The maximum absolute atomic E-state index is 12.4. The topological polar surface area (TPSA) is 85.8 Å². The second-order valence-corrected chi connectivity index (χ2v) is 9.53. The van der Waals surface area contributed by atoms with Gasteiger partial charge in [-0.2, -0.15) is 0 Å². The quantitative estimate of drug-likeness (QED) is 0.202. The van der Waals surface area contributed by atoms with E-state index in [0.29, 0.717) is 24.6 Å². The maximum atomic E-state index is 12.4. The molecule has 1 atom stereocenters. The third kappa shape index (κ3) is 7.46. The molecule has 32 heavy (non-hydrogen) atoms. The highest BCUT2D eigenvalue weighted by Crippen LogP contribution is 2.29. The zero-order valence-electron chi connectivity index (χ0n) is 18.8. The van der Waals surface area contributed by atoms with Crippen molar-refractivity contribution in [2.24, 2.45) is 4.99 Å². The minimum atomic E-state index is -0.625. The molecule has 4 N–H and O–H groups in total. The van der Waals surface area contributed by atoms with Crippen LogP contribution in [0.3, 0.4) is 0 Å². The summed E-state index contributed by atoms with van der Waals surface area (Å²) < 4.78 is 1.16. The van der Waals surface area contributed by atoms with Crippen LogP contribution in [0.1, 0.15) is 47.7 Å². The number of carbonyl (C=O) groups is 1. The van der Waals surface area contributed by atoms with E-state index in [9.17, 15) is 9.90 Å². The summed E-state index contributed by atoms with van der Waals surface area (Å²) >= 11 is 1.59. The molecule has 1 amide bonds. The van der Waals surface area contributed by atoms with E-state index < -0.39 is 6.10 Å². The molecule has 0 spiro atoms. The van der Waals surface area contributed by atoms with Crippen molar-refractivity contribution in [2.75, 3.05) is 13.6 Å². The number of halogens is 1. The lowest BCUT2D eigenvalue weighted by Gasteiger charge is -2.20. The van der Waals surface area contributed by atoms with Crippen molar-refractivity contribution in [1.82, 2.24) is 16.0 Å². The maximum Gasteiger partial charge on any atom is 0.251 e. The molecule has 0 aliphatic carbocycles. The number of benzene rings is 2. The Morgan fingerprint density at radius 1 is 1.09 bits per heavy atom. The summed E-state index contributed by atoms with van der Waals surface area (Å²) in [4.78, 5) is 17.5. The van der Waals surface area contributed by atoms with Gasteiger partial charge in [0.2, 0.25) is 0 Å². The fourth-order valence-electron chi connectivity index (χ4n) is 3.10. The minimum Gasteiger partial charge on any atom is -0.386 e. The molecule has 0 saturated heterocycles. The molecule has 172 valence electrons. The smallest absolute Gasteiger partial charge is 0.251 e. The van der Waals surface area contributed by atoms with Gasteiger partial charge in [-0.3, -0.25) is 9.79 Å². The first kappa shape index (κ1) is 26.1. The van der Waals surface area contributed by atoms with Gasteiger partial charge >= 0.3 is 0 Å². The number of aliphatic hydroxyl groups is 1. The van der Waals surface area contributed by atoms with Gasteiger partial charge in [-0.05, 0) is 56.0 Å². The number of hydrogen-bond donors (Lipinski definition) is 4. The molecule has 6 nitrogen and oxygen atoms in total. The number of nitrogens with one attached hydrogen (secondary N) is 3. The molecule has 0 aliphatic heterocycles. The summed E-state index contributed by atoms with van der Waals surface area (Å²) in [5, 5.41) is 21.1. The predicted molar refractivity (Wildman–Crippen MR) is 144 cm³/mol. The SMILES string of the molecule is CN=C(NCc1cccc(C(=O)NC(C)(C)C)c1)NCC(O)c1cc2ccccc2s1.I. The lowest BCUT2D eigenvalue weighted by molar-refractivity contribution is 0.0919. The number of aliphatic imine (C=N–C) groups is 1. The molecule has 1 unspecified atom stereocenters. The number of thiophene rings is 1. The fraction of sp³-hybridized carbons (Fsp3) is 0.333. The second kappa shape index (κ2) is 11.6. The van der Waals surface area contributed by atoms with Gasteiger partial charge in [-0.1, -0.05) is 30.3 Å². The van der Waals surface area contributed by atoms with Crippen LogP contribution in [0.2, 0.25) is 0 Å². The number of hydrogen-bond acceptors (Lipinski definition) is 4. The number of nitrogens with zero attached hydrogens (tertiary/aromatic N) is 1. The molecule has 0 saturated carbocycles. The Kier molecular flexibility index (Phi) is 9.47. The summed E-state index contributed by atoms with van der Waals surface area (Å²) in [6.45, 7) is 6.73. The van der Waals surface area contributed by atoms with Crippen LogP contribution in [0, 0.1) is 0 Å². The summed E-state index contributed by atoms with van der Waals surface area (Å²) in [6.07, 6.45) is -0.625. The van der Waals surface area contributed by atoms with Crippen molar-refractivity contribution in [3.05, 3.63) is 70.6 Å². The van der Waals surface area contributed by atoms with Gasteiger partial charge in [0.05, 0.1) is 0 Å². The Morgan fingerprint density at radius 2 is 1.84 bits per heavy atom. The van der Waals surface area contributed by atoms with Crippen LogP contribution < -0.4 is 16.0 Å². The van der Waals surface area contributed by atoms with E-state index in [1.54, 1.807) is 24.5 Å². The number of aliphatic hydroxyl groups excluding tert-OH is 1. The molecule has 3 aromatic rings. The summed E-state index contributed by atoms with van der Waals surface area (Å²) in [5.41, 5.74) is 1.30. The van der Waals surface area contributed by atoms with Crippen LogP contribution in [-0.4, -0.2) is 36.1 Å². The zero-order chi connectivity index (χ0) is 22.4. The number of fused-ring (bicyclic) bond motifs is 1. The molecule has 8 heteroatoms. The highest BCUT2D eigenvalue weighted by atomic mass is 127. The summed E-state index contributed by atoms with van der Waals surface area (Å²) in [7, 11) is 1.69. The van der Waals surface area contributed by atoms with Crippen LogP contribution in [-0.2, 0) is 6.54 Å². The van der Waals surface area contributed by atoms with E-state index in [-0.39, 0.29) is 35.4 Å². The van der Waals surface area contributed by atoms with Gasteiger partial charge in [0.1, 0.15) is 6.10 Å². The Balaban J connectivity index is 0.00000363. The molecule has 0 radical (unpaired) electrons. The van der Waals surface area contributed by atoms with Gasteiger partial charge < -0.3 is 21.1 Å². The van der Waals surface area contributed by atoms with E-state index in [1.807, 2.05) is 63.2 Å². The number of guanidine groups is 1. The molecule has 0 aliphatic rings. The third-order valence-corrected chi connectivity index (χ3v) is 5.81. The average Bonchev–Trinajstić information content (AvgIpc) is 3.17. The average molecular weight is 567 g/mol. The first-order valence-electron chi connectivity index (χ1n) is 10.3. The molecule has 3 rings (SSSR count). The molecular formula is C24H31IN4O2S. The van der Waals surface area contributed by atoms with Crippen LogP contribution in [0.15, 0.2) is 59.6 Å². The van der Waals surface area contributed by atoms with E-state index in [2.05, 4.69) is 27.0 Å². The van der Waals surface area contributed by atoms with Crippen molar-refractivity contribution in [2.45, 2.75) is 39.0 Å². The van der Waals surface area contributed by atoms with Gasteiger partial charge in [-0.15, -0.1) is 35.3 Å². The number of carbonyl (C=O) groups excluding carboxylic acids is 1. The van der Waals surface area contributed by atoms with Crippen LogP contribution >= 0.6 is 35.3 Å². The normalized spacial score (nSPS) is 12.7. The van der Waals surface area contributed by atoms with Crippen molar-refractivity contribution >= 4 is 57.3 Å². The number of rotatable bonds is 6. The van der Waals surface area contributed by atoms with Gasteiger partial charge in [-0.25, -0.2) is 0 Å². The van der Waals surface area contributed by atoms with Gasteiger partial charge in [0, 0.05) is 40.8 Å². The van der Waals surface area contributed by atoms with E-state index in [4.69, 9.17) is 0 Å². The fourth-order valence-corrected chi connectivity index (χ4v) is 4.15. The van der Waals surface area contributed by atoms with Gasteiger partial charge in [0.15, 0.2) is 5.96 Å². The first-order valence-corrected chi connectivity index (χ1v) is 11.1. The highest BCUT2D eigenvalue weighted by molar-refractivity contribution is 14.0. The molecular weight excluding hydrogens is 535 g/mol. The highest BCUT2D eigenvalue weighted by Gasteiger charge is 2.16. The standard InChI is InChI=1S/C24H30N4O2S.HI/c1-24(2,3)28-22(30)18-10-7-8-16(12-18)14-26-23(25-4)27-15-19(29)21-13-17-9-5-6-11-20(17)31-21;/h5-13,19,29H,14-15H2,1-4H3,(H,28,30)(H2,25,26,27);1H. The Hall–Kier alpha value is -2.17. The first-order chi connectivity index (χ1) is 14.7. The number of amides is 1. The lowest BCUT2D eigenvalue weighted by Crippen LogP contribution is -2.40. The summed E-state index contributed by atoms with van der Waals surface area (Å²) in [6, 6.07) is 17.6. The largest absolute Gasteiger partial charge is 0.386 e. The van der Waals surface area contributed by atoms with Crippen molar-refractivity contribution in [1.29, 1.82) is 0 Å². The molecule has 1 heterocycles. The monoisotopic (exact) mass is 566 g/mol. The van der Waals surface area contributed by atoms with Crippen molar-refractivity contribution in [3.8, 4) is 0 Å². The molecule has 1 aromatic heterocycles. The van der Waals surface area contributed by atoms with Crippen LogP contribution in [0.5, 0.6) is 0 Å². The lowest BCUT2D eigenvalue weighted by atomic mass is 10.1. The van der Waals surface area contributed by atoms with Gasteiger partial charge in [0.25, 0.3) is 5.91 Å². The summed E-state index contributed by atoms with van der Waals surface area (Å²) in [5.74, 6) is 0.494. The second-order valence-electron chi connectivity index (χ2n) is 8.41. The minimum absolute atomic E-state index is 0. The van der Waals surface area contributed by atoms with E-state index >= 15 is 0 Å². The van der Waals surface area contributed by atoms with Crippen LogP contribution in [0.4, 0.5) is 0 Å². The Labute approximate surface area is 210 Å². The Morgan fingerprint density at radius 3 is 2.53 bits per heavy atom. The van der Waals surface area contributed by atoms with E-state index in [0.717, 1.165) is 20.5 Å². The van der Waals surface area contributed by atoms with Crippen LogP contribution in [0.25, 0.3) is 10.1 Å². The molecule has 0 bridgehead atoms. The van der Waals surface area contributed by atoms with Crippen molar-refractivity contribution in [3.63, 3.8) is 0 Å². The third-order valence-electron chi connectivity index (χ3n) is 4.60. The molecule has 2 aromatic carbocycles.